The molecule has 0 radical (unpaired) electrons. The van der Waals surface area contributed by atoms with Crippen molar-refractivity contribution in [2.45, 2.75) is 19.4 Å². The Bertz CT molecular complexity index is 1320. The molecule has 0 N–H and O–H groups in total. The van der Waals surface area contributed by atoms with Gasteiger partial charge in [-0.05, 0) is 36.4 Å². The Morgan fingerprint density at radius 2 is 1.39 bits per heavy atom. The van der Waals surface area contributed by atoms with Crippen LogP contribution in [0.3, 0.4) is 0 Å². The second kappa shape index (κ2) is 9.41. The third kappa shape index (κ3) is 4.57. The summed E-state index contributed by atoms with van der Waals surface area (Å²) in [6.07, 6.45) is 3.62. The van der Waals surface area contributed by atoms with Gasteiger partial charge in [0.05, 0.1) is 26.3 Å². The average molecular weight is 420 g/mol. The highest BCUT2D eigenvalue weighted by atomic mass is 16.7. The van der Waals surface area contributed by atoms with E-state index in [2.05, 4.69) is 9.97 Å². The van der Waals surface area contributed by atoms with E-state index < -0.39 is 0 Å². The molecule has 0 spiro atoms. The predicted octanol–water partition coefficient (Wildman–Crippen LogP) is 1.36. The summed E-state index contributed by atoms with van der Waals surface area (Å²) in [5.41, 5.74) is 0.921. The first-order valence-corrected chi connectivity index (χ1v) is 9.73. The first-order valence-electron chi connectivity index (χ1n) is 9.73. The van der Waals surface area contributed by atoms with Crippen LogP contribution in [0.15, 0.2) is 70.5 Å². The van der Waals surface area contributed by atoms with Gasteiger partial charge in [0.25, 0.3) is 11.1 Å². The van der Waals surface area contributed by atoms with Gasteiger partial charge < -0.3 is 14.3 Å². The highest BCUT2D eigenvalue weighted by Gasteiger charge is 2.18. The quantitative estimate of drug-likeness (QED) is 0.459. The maximum atomic E-state index is 11.8. The van der Waals surface area contributed by atoms with E-state index in [1.54, 1.807) is 41.2 Å². The van der Waals surface area contributed by atoms with E-state index in [9.17, 15) is 14.4 Å². The van der Waals surface area contributed by atoms with Crippen LogP contribution in [0.1, 0.15) is 0 Å². The number of ether oxygens (including phenoxy) is 2. The molecule has 0 bridgehead atoms. The Morgan fingerprint density at radius 1 is 0.839 bits per heavy atom. The van der Waals surface area contributed by atoms with Crippen molar-refractivity contribution in [1.29, 1.82) is 0 Å². The molecular formula is C22H20N4O5. The summed E-state index contributed by atoms with van der Waals surface area (Å²) in [7, 11) is 0. The minimum Gasteiger partial charge on any atom is -0.348 e. The van der Waals surface area contributed by atoms with Crippen molar-refractivity contribution >= 4 is 28.4 Å². The van der Waals surface area contributed by atoms with Crippen LogP contribution >= 0.6 is 0 Å². The molecule has 1 saturated heterocycles. The maximum absolute atomic E-state index is 11.8. The fourth-order valence-corrected chi connectivity index (χ4v) is 3.33. The van der Waals surface area contributed by atoms with Crippen molar-refractivity contribution in [2.75, 3.05) is 13.2 Å². The van der Waals surface area contributed by atoms with Gasteiger partial charge in [0, 0.05) is 35.3 Å². The van der Waals surface area contributed by atoms with Crippen molar-refractivity contribution in [3.05, 3.63) is 81.6 Å². The van der Waals surface area contributed by atoms with Gasteiger partial charge in [-0.2, -0.15) is 0 Å². The van der Waals surface area contributed by atoms with Crippen molar-refractivity contribution < 1.29 is 14.3 Å². The molecule has 0 saturated carbocycles. The van der Waals surface area contributed by atoms with Crippen molar-refractivity contribution in [2.24, 2.45) is 0 Å². The Labute approximate surface area is 176 Å². The number of aromatic nitrogens is 4. The molecule has 4 aromatic heterocycles. The van der Waals surface area contributed by atoms with Gasteiger partial charge in [0.15, 0.2) is 6.29 Å². The molecule has 0 atom stereocenters. The topological polar surface area (TPSA) is 105 Å². The normalized spacial score (nSPS) is 13.8. The number of fused-ring (bicyclic) bond motifs is 2. The maximum Gasteiger partial charge on any atom is 0.252 e. The molecule has 9 heteroatoms. The van der Waals surface area contributed by atoms with Gasteiger partial charge in [0.2, 0.25) is 0 Å². The van der Waals surface area contributed by atoms with E-state index in [1.165, 1.54) is 10.6 Å². The largest absolute Gasteiger partial charge is 0.348 e. The summed E-state index contributed by atoms with van der Waals surface area (Å²) in [6.45, 7) is 1.59. The zero-order chi connectivity index (χ0) is 21.6. The Balaban J connectivity index is 0.000000152. The standard InChI is InChI=1S/C12H12N2O3.C10H8N2O2/c15-10-4-3-9-2-1-5-13-12(9)14(10)8-11-16-6-7-17-11;13-7-6-12-9(14)4-3-8-2-1-5-11-10(8)12/h1-5,11H,6-8H2;1-5,7H,6H2. The number of hydrogen-bond acceptors (Lipinski definition) is 7. The molecule has 31 heavy (non-hydrogen) atoms. The minimum atomic E-state index is -0.347. The number of carbonyl (C=O) groups is 1. The van der Waals surface area contributed by atoms with E-state index in [4.69, 9.17) is 9.47 Å². The Morgan fingerprint density at radius 3 is 1.97 bits per heavy atom. The van der Waals surface area contributed by atoms with Gasteiger partial charge in [-0.3, -0.25) is 18.7 Å². The lowest BCUT2D eigenvalue weighted by Gasteiger charge is -2.12. The second-order valence-corrected chi connectivity index (χ2v) is 6.73. The molecule has 5 rings (SSSR count). The molecule has 0 aromatic carbocycles. The highest BCUT2D eigenvalue weighted by molar-refractivity contribution is 5.75. The molecule has 9 nitrogen and oxygen atoms in total. The van der Waals surface area contributed by atoms with Gasteiger partial charge in [-0.25, -0.2) is 9.97 Å². The summed E-state index contributed by atoms with van der Waals surface area (Å²) in [4.78, 5) is 41.9. The molecule has 0 unspecified atom stereocenters. The van der Waals surface area contributed by atoms with Gasteiger partial charge in [-0.15, -0.1) is 0 Å². The monoisotopic (exact) mass is 420 g/mol. The fraction of sp³-hybridized carbons (Fsp3) is 0.227. The van der Waals surface area contributed by atoms with Crippen LogP contribution in [0.2, 0.25) is 0 Å². The SMILES string of the molecule is O=CCn1c(=O)ccc2cccnc21.O=c1ccc2cccnc2n1CC1OCCO1. The van der Waals surface area contributed by atoms with E-state index in [0.717, 1.165) is 10.8 Å². The molecule has 4 aromatic rings. The summed E-state index contributed by atoms with van der Waals surface area (Å²) >= 11 is 0. The third-order valence-electron chi connectivity index (χ3n) is 4.77. The van der Waals surface area contributed by atoms with Gasteiger partial charge in [0.1, 0.15) is 17.6 Å². The number of nitrogens with zero attached hydrogens (tertiary/aromatic N) is 4. The van der Waals surface area contributed by atoms with Gasteiger partial charge in [-0.1, -0.05) is 0 Å². The van der Waals surface area contributed by atoms with E-state index in [0.29, 0.717) is 37.3 Å². The highest BCUT2D eigenvalue weighted by Crippen LogP contribution is 2.11. The number of hydrogen-bond donors (Lipinski definition) is 0. The van der Waals surface area contributed by atoms with Crippen molar-refractivity contribution in [3.63, 3.8) is 0 Å². The van der Waals surface area contributed by atoms with Crippen LogP contribution in [0.25, 0.3) is 22.1 Å². The van der Waals surface area contributed by atoms with Crippen LogP contribution < -0.4 is 11.1 Å². The number of pyridine rings is 4. The Hall–Kier alpha value is -3.69. The van der Waals surface area contributed by atoms with Crippen LogP contribution in [0.5, 0.6) is 0 Å². The zero-order valence-electron chi connectivity index (χ0n) is 16.6. The van der Waals surface area contributed by atoms with Crippen molar-refractivity contribution in [1.82, 2.24) is 19.1 Å². The first-order chi connectivity index (χ1) is 15.2. The smallest absolute Gasteiger partial charge is 0.252 e. The van der Waals surface area contributed by atoms with E-state index >= 15 is 0 Å². The minimum absolute atomic E-state index is 0.0488. The predicted molar refractivity (Wildman–Crippen MR) is 114 cm³/mol. The molecule has 5 heterocycles. The zero-order valence-corrected chi connectivity index (χ0v) is 16.6. The first kappa shape index (κ1) is 20.6. The number of aldehydes is 1. The lowest BCUT2D eigenvalue weighted by Crippen LogP contribution is -2.27. The number of carbonyl (C=O) groups excluding carboxylic acids is 1. The summed E-state index contributed by atoms with van der Waals surface area (Å²) in [5.74, 6) is 0. The van der Waals surface area contributed by atoms with Gasteiger partial charge >= 0.3 is 0 Å². The van der Waals surface area contributed by atoms with Crippen LogP contribution in [0.4, 0.5) is 0 Å². The summed E-state index contributed by atoms with van der Waals surface area (Å²) < 4.78 is 13.6. The average Bonchev–Trinajstić information content (AvgIpc) is 3.32. The summed E-state index contributed by atoms with van der Waals surface area (Å²) in [6, 6.07) is 13.9. The Kier molecular flexibility index (Phi) is 6.25. The van der Waals surface area contributed by atoms with Crippen LogP contribution in [-0.2, 0) is 27.4 Å². The number of rotatable bonds is 4. The second-order valence-electron chi connectivity index (χ2n) is 6.73. The lowest BCUT2D eigenvalue weighted by atomic mass is 10.3. The summed E-state index contributed by atoms with van der Waals surface area (Å²) in [5, 5.41) is 1.79. The van der Waals surface area contributed by atoms with E-state index in [1.807, 2.05) is 18.2 Å². The van der Waals surface area contributed by atoms with Crippen LogP contribution in [0, 0.1) is 0 Å². The molecular weight excluding hydrogens is 400 g/mol. The molecule has 1 fully saturated rings. The molecule has 0 aliphatic carbocycles. The molecule has 1 aliphatic heterocycles. The molecule has 158 valence electrons. The lowest BCUT2D eigenvalue weighted by molar-refractivity contribution is -0.108. The molecule has 0 amide bonds. The van der Waals surface area contributed by atoms with E-state index in [-0.39, 0.29) is 24.0 Å². The molecule has 1 aliphatic rings. The fourth-order valence-electron chi connectivity index (χ4n) is 3.33. The third-order valence-corrected chi connectivity index (χ3v) is 4.77. The van der Waals surface area contributed by atoms with Crippen molar-refractivity contribution in [3.8, 4) is 0 Å². The van der Waals surface area contributed by atoms with Crippen LogP contribution in [-0.4, -0.2) is 44.9 Å².